The van der Waals surface area contributed by atoms with E-state index in [1.165, 1.54) is 0 Å². The lowest BCUT2D eigenvalue weighted by atomic mass is 10.1. The van der Waals surface area contributed by atoms with Gasteiger partial charge in [-0.05, 0) is 44.0 Å². The van der Waals surface area contributed by atoms with Crippen molar-refractivity contribution in [2.75, 3.05) is 36.9 Å². The fourth-order valence-corrected chi connectivity index (χ4v) is 3.65. The van der Waals surface area contributed by atoms with Crippen LogP contribution in [0.1, 0.15) is 25.3 Å². The lowest BCUT2D eigenvalue weighted by Gasteiger charge is -2.31. The van der Waals surface area contributed by atoms with Crippen molar-refractivity contribution in [2.24, 2.45) is 10.7 Å². The maximum Gasteiger partial charge on any atom is 0.243 e. The monoisotopic (exact) mass is 422 g/mol. The van der Waals surface area contributed by atoms with Crippen LogP contribution in [0.5, 0.6) is 5.75 Å². The third-order valence-corrected chi connectivity index (χ3v) is 5.38. The molecule has 2 aromatic carbocycles. The normalized spacial score (nSPS) is 14.9. The van der Waals surface area contributed by atoms with Crippen molar-refractivity contribution in [1.29, 1.82) is 5.41 Å². The second-order valence-electron chi connectivity index (χ2n) is 7.79. The number of benzene rings is 2. The van der Waals surface area contributed by atoms with E-state index in [1.54, 1.807) is 43.1 Å². The van der Waals surface area contributed by atoms with Crippen molar-refractivity contribution in [3.63, 3.8) is 0 Å². The van der Waals surface area contributed by atoms with Crippen molar-refractivity contribution < 1.29 is 9.90 Å². The number of hydrogen-bond donors (Lipinski definition) is 4. The van der Waals surface area contributed by atoms with Crippen LogP contribution in [-0.2, 0) is 4.79 Å². The molecule has 164 valence electrons. The molecule has 5 N–H and O–H groups in total. The van der Waals surface area contributed by atoms with Gasteiger partial charge in [-0.1, -0.05) is 24.3 Å². The van der Waals surface area contributed by atoms with Crippen LogP contribution in [-0.4, -0.2) is 60.3 Å². The van der Waals surface area contributed by atoms with Crippen LogP contribution in [0.4, 0.5) is 11.4 Å². The molecule has 1 heterocycles. The Labute approximate surface area is 182 Å². The first-order valence-corrected chi connectivity index (χ1v) is 10.4. The van der Waals surface area contributed by atoms with E-state index in [0.29, 0.717) is 23.0 Å². The van der Waals surface area contributed by atoms with Gasteiger partial charge in [0.25, 0.3) is 0 Å². The average Bonchev–Trinajstić information content (AvgIpc) is 2.74. The van der Waals surface area contributed by atoms with Crippen molar-refractivity contribution in [3.05, 3.63) is 54.1 Å². The van der Waals surface area contributed by atoms with Gasteiger partial charge < -0.3 is 26.0 Å². The molecule has 31 heavy (non-hydrogen) atoms. The predicted molar refractivity (Wildman–Crippen MR) is 125 cm³/mol. The van der Waals surface area contributed by atoms with E-state index in [1.807, 2.05) is 29.2 Å². The number of aliphatic imine (C=N–C) groups is 1. The minimum atomic E-state index is -0.201. The third kappa shape index (κ3) is 5.97. The second kappa shape index (κ2) is 9.97. The van der Waals surface area contributed by atoms with E-state index < -0.39 is 0 Å². The maximum absolute atomic E-state index is 12.5. The Kier molecular flexibility index (Phi) is 7.12. The van der Waals surface area contributed by atoms with Crippen molar-refractivity contribution in [2.45, 2.75) is 25.8 Å². The largest absolute Gasteiger partial charge is 0.506 e. The smallest absolute Gasteiger partial charge is 0.243 e. The quantitative estimate of drug-likeness (QED) is 0.422. The number of phenolic OH excluding ortho intramolecular Hbond substituents is 1. The number of phenols is 1. The number of amidine groups is 2. The molecular formula is C23H30N6O2. The molecule has 0 bridgehead atoms. The zero-order valence-corrected chi connectivity index (χ0v) is 18.0. The number of amides is 1. The highest BCUT2D eigenvalue weighted by Crippen LogP contribution is 2.25. The number of para-hydroxylation sites is 2. The lowest BCUT2D eigenvalue weighted by molar-refractivity contribution is -0.114. The van der Waals surface area contributed by atoms with Crippen LogP contribution in [0.25, 0.3) is 0 Å². The van der Waals surface area contributed by atoms with E-state index in [0.717, 1.165) is 31.5 Å². The number of carbonyl (C=O) groups is 1. The summed E-state index contributed by atoms with van der Waals surface area (Å²) in [6, 6.07) is 14.4. The molecule has 1 saturated heterocycles. The number of nitrogens with zero attached hydrogens (tertiary/aromatic N) is 3. The summed E-state index contributed by atoms with van der Waals surface area (Å²) in [5.41, 5.74) is 8.23. The zero-order valence-electron chi connectivity index (χ0n) is 18.0. The van der Waals surface area contributed by atoms with Crippen molar-refractivity contribution in [3.8, 4) is 5.75 Å². The summed E-state index contributed by atoms with van der Waals surface area (Å²) >= 11 is 0. The molecule has 0 atom stereocenters. The number of hydrogen-bond acceptors (Lipinski definition) is 5. The molecule has 1 aliphatic heterocycles. The topological polar surface area (TPSA) is 118 Å². The molecule has 0 radical (unpaired) electrons. The number of piperidine rings is 1. The Morgan fingerprint density at radius 2 is 1.97 bits per heavy atom. The standard InChI is InChI=1S/C23H30N6O2/c1-16(24)29-12-10-18(11-13-29)27-23(25)17-6-5-7-19(14-17)26-22(31)15-28(2)20-8-3-4-9-21(20)30/h3-9,14,18,24,30H,10-13,15H2,1-2H3,(H2,25,27)(H,26,31). The first kappa shape index (κ1) is 22.1. The molecule has 1 amide bonds. The summed E-state index contributed by atoms with van der Waals surface area (Å²) in [6.07, 6.45) is 1.73. The lowest BCUT2D eigenvalue weighted by Crippen LogP contribution is -2.38. The first-order valence-electron chi connectivity index (χ1n) is 10.4. The maximum atomic E-state index is 12.5. The van der Waals surface area contributed by atoms with E-state index in [2.05, 4.69) is 10.3 Å². The zero-order chi connectivity index (χ0) is 22.4. The predicted octanol–water partition coefficient (Wildman–Crippen LogP) is 2.63. The second-order valence-corrected chi connectivity index (χ2v) is 7.79. The van der Waals surface area contributed by atoms with Crippen molar-refractivity contribution >= 4 is 29.0 Å². The van der Waals surface area contributed by atoms with Gasteiger partial charge in [0.15, 0.2) is 0 Å². The molecule has 0 unspecified atom stereocenters. The van der Waals surface area contributed by atoms with Crippen LogP contribution in [0.15, 0.2) is 53.5 Å². The Morgan fingerprint density at radius 1 is 1.26 bits per heavy atom. The molecule has 0 aliphatic carbocycles. The summed E-state index contributed by atoms with van der Waals surface area (Å²) in [5.74, 6) is 0.970. The van der Waals surface area contributed by atoms with Gasteiger partial charge in [-0.2, -0.15) is 0 Å². The first-order chi connectivity index (χ1) is 14.8. The number of carbonyl (C=O) groups excluding carboxylic acids is 1. The van der Waals surface area contributed by atoms with Gasteiger partial charge in [0, 0.05) is 31.4 Å². The minimum Gasteiger partial charge on any atom is -0.506 e. The average molecular weight is 423 g/mol. The van der Waals surface area contributed by atoms with E-state index in [-0.39, 0.29) is 24.2 Å². The van der Waals surface area contributed by atoms with Gasteiger partial charge >= 0.3 is 0 Å². The van der Waals surface area contributed by atoms with Gasteiger partial charge in [-0.15, -0.1) is 0 Å². The summed E-state index contributed by atoms with van der Waals surface area (Å²) in [7, 11) is 1.75. The van der Waals surface area contributed by atoms with Crippen LogP contribution in [0.3, 0.4) is 0 Å². The van der Waals surface area contributed by atoms with E-state index in [9.17, 15) is 9.90 Å². The highest BCUT2D eigenvalue weighted by atomic mass is 16.3. The fourth-order valence-electron chi connectivity index (χ4n) is 3.65. The van der Waals surface area contributed by atoms with Gasteiger partial charge in [0.05, 0.1) is 24.1 Å². The highest BCUT2D eigenvalue weighted by Gasteiger charge is 2.19. The number of anilines is 2. The van der Waals surface area contributed by atoms with Crippen LogP contribution >= 0.6 is 0 Å². The molecule has 3 rings (SSSR count). The molecule has 8 heteroatoms. The number of likely N-dealkylation sites (tertiary alicyclic amines) is 1. The number of nitrogens with two attached hydrogens (primary N) is 1. The van der Waals surface area contributed by atoms with Crippen molar-refractivity contribution in [1.82, 2.24) is 4.90 Å². The van der Waals surface area contributed by atoms with E-state index >= 15 is 0 Å². The molecule has 1 aliphatic rings. The summed E-state index contributed by atoms with van der Waals surface area (Å²) in [4.78, 5) is 20.9. The number of nitrogens with one attached hydrogen (secondary N) is 2. The summed E-state index contributed by atoms with van der Waals surface area (Å²) in [5, 5.41) is 20.5. The minimum absolute atomic E-state index is 0.0936. The number of aromatic hydroxyl groups is 1. The summed E-state index contributed by atoms with van der Waals surface area (Å²) in [6.45, 7) is 3.53. The fraction of sp³-hybridized carbons (Fsp3) is 0.348. The molecule has 0 aromatic heterocycles. The van der Waals surface area contributed by atoms with Gasteiger partial charge in [-0.3, -0.25) is 15.2 Å². The Hall–Kier alpha value is -3.55. The van der Waals surface area contributed by atoms with Gasteiger partial charge in [0.2, 0.25) is 5.91 Å². The SMILES string of the molecule is CC(=N)N1CCC(N=C(N)c2cccc(NC(=O)CN(C)c3ccccc3O)c2)CC1. The summed E-state index contributed by atoms with van der Waals surface area (Å²) < 4.78 is 0. The van der Waals surface area contributed by atoms with Crippen LogP contribution in [0, 0.1) is 5.41 Å². The van der Waals surface area contributed by atoms with Gasteiger partial charge in [-0.25, -0.2) is 0 Å². The molecule has 1 fully saturated rings. The molecular weight excluding hydrogens is 392 g/mol. The Morgan fingerprint density at radius 3 is 2.65 bits per heavy atom. The molecule has 8 nitrogen and oxygen atoms in total. The molecule has 0 saturated carbocycles. The highest BCUT2D eigenvalue weighted by molar-refractivity contribution is 6.00. The third-order valence-electron chi connectivity index (χ3n) is 5.38. The number of likely N-dealkylation sites (N-methyl/N-ethyl adjacent to an activating group) is 1. The molecule has 0 spiro atoms. The Bertz CT molecular complexity index is 966. The van der Waals surface area contributed by atoms with Gasteiger partial charge in [0.1, 0.15) is 11.6 Å². The Balaban J connectivity index is 1.60. The van der Waals surface area contributed by atoms with Crippen LogP contribution < -0.4 is 16.0 Å². The van der Waals surface area contributed by atoms with E-state index in [4.69, 9.17) is 11.1 Å². The molecule has 2 aromatic rings. The van der Waals surface area contributed by atoms with Crippen LogP contribution in [0.2, 0.25) is 0 Å². The number of rotatable bonds is 6.